The van der Waals surface area contributed by atoms with E-state index in [-0.39, 0.29) is 0 Å². The lowest BCUT2D eigenvalue weighted by Gasteiger charge is -2.11. The Hall–Kier alpha value is -1.44. The van der Waals surface area contributed by atoms with Crippen LogP contribution < -0.4 is 10.5 Å². The molecule has 0 spiro atoms. The van der Waals surface area contributed by atoms with E-state index in [4.69, 9.17) is 10.5 Å². The Balaban J connectivity index is 2.71. The minimum Gasteiger partial charge on any atom is -0.497 e. The minimum absolute atomic E-state index is 0.415. The molecular weight excluding hydrogens is 174 g/mol. The SMILES string of the molecule is C=C(N)CC(C)c1ccc(OC)cc1. The molecule has 0 radical (unpaired) electrons. The van der Waals surface area contributed by atoms with Gasteiger partial charge in [-0.15, -0.1) is 0 Å². The number of hydrogen-bond donors (Lipinski definition) is 1. The van der Waals surface area contributed by atoms with Crippen LogP contribution in [0, 0.1) is 0 Å². The number of benzene rings is 1. The molecule has 0 heterocycles. The zero-order valence-electron chi connectivity index (χ0n) is 8.79. The predicted molar refractivity (Wildman–Crippen MR) is 59.4 cm³/mol. The second-order valence-corrected chi connectivity index (χ2v) is 3.54. The zero-order chi connectivity index (χ0) is 10.6. The molecular formula is C12H17NO. The molecule has 0 aliphatic carbocycles. The Morgan fingerprint density at radius 3 is 2.43 bits per heavy atom. The molecule has 0 amide bonds. The largest absolute Gasteiger partial charge is 0.497 e. The number of methoxy groups -OCH3 is 1. The summed E-state index contributed by atoms with van der Waals surface area (Å²) >= 11 is 0. The van der Waals surface area contributed by atoms with Crippen molar-refractivity contribution in [1.82, 2.24) is 0 Å². The van der Waals surface area contributed by atoms with Gasteiger partial charge in [0.15, 0.2) is 0 Å². The molecule has 0 fully saturated rings. The molecule has 1 aromatic carbocycles. The number of rotatable bonds is 4. The van der Waals surface area contributed by atoms with Crippen LogP contribution in [0.3, 0.4) is 0 Å². The van der Waals surface area contributed by atoms with Gasteiger partial charge in [0.25, 0.3) is 0 Å². The van der Waals surface area contributed by atoms with Gasteiger partial charge in [-0.25, -0.2) is 0 Å². The molecule has 14 heavy (non-hydrogen) atoms. The normalized spacial score (nSPS) is 12.1. The standard InChI is InChI=1S/C12H17NO/c1-9(8-10(2)13)11-4-6-12(14-3)7-5-11/h4-7,9H,2,8,13H2,1,3H3. The highest BCUT2D eigenvalue weighted by Gasteiger charge is 2.05. The van der Waals surface area contributed by atoms with Crippen molar-refractivity contribution in [1.29, 1.82) is 0 Å². The Labute approximate surface area is 85.4 Å². The van der Waals surface area contributed by atoms with Crippen LogP contribution in [0.2, 0.25) is 0 Å². The van der Waals surface area contributed by atoms with Crippen molar-refractivity contribution in [2.75, 3.05) is 7.11 Å². The van der Waals surface area contributed by atoms with Crippen molar-refractivity contribution >= 4 is 0 Å². The van der Waals surface area contributed by atoms with Crippen LogP contribution in [0.15, 0.2) is 36.5 Å². The summed E-state index contributed by atoms with van der Waals surface area (Å²) < 4.78 is 5.09. The molecule has 0 saturated carbocycles. The lowest BCUT2D eigenvalue weighted by atomic mass is 9.97. The van der Waals surface area contributed by atoms with Gasteiger partial charge in [0.05, 0.1) is 7.11 Å². The Bertz CT molecular complexity index is 303. The maximum Gasteiger partial charge on any atom is 0.118 e. The third-order valence-electron chi connectivity index (χ3n) is 2.25. The van der Waals surface area contributed by atoms with E-state index in [0.717, 1.165) is 17.9 Å². The molecule has 0 saturated heterocycles. The minimum atomic E-state index is 0.415. The van der Waals surface area contributed by atoms with E-state index in [1.165, 1.54) is 5.56 Å². The van der Waals surface area contributed by atoms with Crippen LogP contribution in [-0.2, 0) is 0 Å². The smallest absolute Gasteiger partial charge is 0.118 e. The summed E-state index contributed by atoms with van der Waals surface area (Å²) in [6.45, 7) is 5.85. The average molecular weight is 191 g/mol. The number of allylic oxidation sites excluding steroid dienone is 1. The lowest BCUT2D eigenvalue weighted by Crippen LogP contribution is -2.01. The summed E-state index contributed by atoms with van der Waals surface area (Å²) in [5, 5.41) is 0. The van der Waals surface area contributed by atoms with Gasteiger partial charge in [0, 0.05) is 5.70 Å². The third kappa shape index (κ3) is 2.80. The highest BCUT2D eigenvalue weighted by Crippen LogP contribution is 2.22. The number of ether oxygens (including phenoxy) is 1. The van der Waals surface area contributed by atoms with Crippen molar-refractivity contribution in [3.8, 4) is 5.75 Å². The topological polar surface area (TPSA) is 35.2 Å². The zero-order valence-corrected chi connectivity index (χ0v) is 8.79. The van der Waals surface area contributed by atoms with Crippen molar-refractivity contribution in [3.05, 3.63) is 42.1 Å². The second-order valence-electron chi connectivity index (χ2n) is 3.54. The van der Waals surface area contributed by atoms with Gasteiger partial charge in [-0.1, -0.05) is 25.6 Å². The second kappa shape index (κ2) is 4.70. The summed E-state index contributed by atoms with van der Waals surface area (Å²) in [5.41, 5.74) is 7.56. The molecule has 0 aliphatic heterocycles. The molecule has 0 aromatic heterocycles. The number of nitrogens with two attached hydrogens (primary N) is 1. The van der Waals surface area contributed by atoms with Gasteiger partial charge in [0.2, 0.25) is 0 Å². The first-order valence-electron chi connectivity index (χ1n) is 4.70. The Morgan fingerprint density at radius 2 is 2.00 bits per heavy atom. The van der Waals surface area contributed by atoms with Crippen molar-refractivity contribution < 1.29 is 4.74 Å². The molecule has 2 nitrogen and oxygen atoms in total. The van der Waals surface area contributed by atoms with Crippen molar-refractivity contribution in [2.45, 2.75) is 19.3 Å². The third-order valence-corrected chi connectivity index (χ3v) is 2.25. The van der Waals surface area contributed by atoms with E-state index >= 15 is 0 Å². The maximum absolute atomic E-state index is 5.57. The van der Waals surface area contributed by atoms with E-state index in [9.17, 15) is 0 Å². The quantitative estimate of drug-likeness (QED) is 0.794. The molecule has 2 heteroatoms. The van der Waals surface area contributed by atoms with Crippen molar-refractivity contribution in [3.63, 3.8) is 0 Å². The van der Waals surface area contributed by atoms with Gasteiger partial charge >= 0.3 is 0 Å². The fourth-order valence-corrected chi connectivity index (χ4v) is 1.44. The average Bonchev–Trinajstić information content (AvgIpc) is 2.17. The molecule has 1 atom stereocenters. The summed E-state index contributed by atoms with van der Waals surface area (Å²) in [6, 6.07) is 8.05. The fraction of sp³-hybridized carbons (Fsp3) is 0.333. The van der Waals surface area contributed by atoms with Crippen LogP contribution in [0.4, 0.5) is 0 Å². The number of hydrogen-bond acceptors (Lipinski definition) is 2. The monoisotopic (exact) mass is 191 g/mol. The summed E-state index contributed by atoms with van der Waals surface area (Å²) in [5.74, 6) is 1.30. The first kappa shape index (κ1) is 10.6. The van der Waals surface area contributed by atoms with Gasteiger partial charge in [0.1, 0.15) is 5.75 Å². The molecule has 2 N–H and O–H groups in total. The highest BCUT2D eigenvalue weighted by atomic mass is 16.5. The Morgan fingerprint density at radius 1 is 1.43 bits per heavy atom. The first-order chi connectivity index (χ1) is 6.63. The van der Waals surface area contributed by atoms with Crippen LogP contribution >= 0.6 is 0 Å². The molecule has 1 unspecified atom stereocenters. The summed E-state index contributed by atoms with van der Waals surface area (Å²) in [4.78, 5) is 0. The molecule has 0 aliphatic rings. The van der Waals surface area contributed by atoms with Gasteiger partial charge < -0.3 is 10.5 Å². The van der Waals surface area contributed by atoms with E-state index in [1.807, 2.05) is 12.1 Å². The molecule has 76 valence electrons. The van der Waals surface area contributed by atoms with Gasteiger partial charge in [-0.3, -0.25) is 0 Å². The first-order valence-corrected chi connectivity index (χ1v) is 4.70. The highest BCUT2D eigenvalue weighted by molar-refractivity contribution is 5.29. The molecule has 0 bridgehead atoms. The van der Waals surface area contributed by atoms with E-state index < -0.39 is 0 Å². The van der Waals surface area contributed by atoms with Crippen molar-refractivity contribution in [2.24, 2.45) is 5.73 Å². The summed E-state index contributed by atoms with van der Waals surface area (Å²) in [6.07, 6.45) is 0.826. The van der Waals surface area contributed by atoms with E-state index in [1.54, 1.807) is 7.11 Å². The van der Waals surface area contributed by atoms with Gasteiger partial charge in [-0.05, 0) is 30.0 Å². The van der Waals surface area contributed by atoms with Gasteiger partial charge in [-0.2, -0.15) is 0 Å². The van der Waals surface area contributed by atoms with Crippen LogP contribution in [0.1, 0.15) is 24.8 Å². The fourth-order valence-electron chi connectivity index (χ4n) is 1.44. The van der Waals surface area contributed by atoms with E-state index in [2.05, 4.69) is 25.6 Å². The van der Waals surface area contributed by atoms with Crippen LogP contribution in [-0.4, -0.2) is 7.11 Å². The van der Waals surface area contributed by atoms with Crippen LogP contribution in [0.25, 0.3) is 0 Å². The Kier molecular flexibility index (Phi) is 3.57. The molecule has 1 aromatic rings. The maximum atomic E-state index is 5.57. The predicted octanol–water partition coefficient (Wildman–Crippen LogP) is 2.66. The molecule has 1 rings (SSSR count). The van der Waals surface area contributed by atoms with Crippen LogP contribution in [0.5, 0.6) is 5.75 Å². The summed E-state index contributed by atoms with van der Waals surface area (Å²) in [7, 11) is 1.67. The van der Waals surface area contributed by atoms with E-state index in [0.29, 0.717) is 5.92 Å². The lowest BCUT2D eigenvalue weighted by molar-refractivity contribution is 0.414.